The summed E-state index contributed by atoms with van der Waals surface area (Å²) >= 11 is 0. The van der Waals surface area contributed by atoms with E-state index in [4.69, 9.17) is 0 Å². The number of nitrogens with zero attached hydrogens (tertiary/aromatic N) is 1. The molecule has 1 aliphatic heterocycles. The molecule has 106 valence electrons. The van der Waals surface area contributed by atoms with Crippen molar-refractivity contribution < 1.29 is 0 Å². The number of hydrogen-bond donors (Lipinski definition) is 1. The standard InChI is InChI=1S/C16H32N2/c1-13(2)16-9-6-11-18(16)12-10-17-15-8-5-4-7-14(15)3/h13-17H,4-12H2,1-3H3. The van der Waals surface area contributed by atoms with Gasteiger partial charge in [-0.05, 0) is 44.1 Å². The molecule has 0 aromatic rings. The Morgan fingerprint density at radius 2 is 1.89 bits per heavy atom. The van der Waals surface area contributed by atoms with Crippen molar-refractivity contribution in [3.63, 3.8) is 0 Å². The Balaban J connectivity index is 1.68. The van der Waals surface area contributed by atoms with E-state index in [9.17, 15) is 0 Å². The van der Waals surface area contributed by atoms with Gasteiger partial charge in [0.25, 0.3) is 0 Å². The highest BCUT2D eigenvalue weighted by Crippen LogP contribution is 2.25. The summed E-state index contributed by atoms with van der Waals surface area (Å²) in [7, 11) is 0. The molecule has 0 radical (unpaired) electrons. The average Bonchev–Trinajstić information content (AvgIpc) is 2.80. The lowest BCUT2D eigenvalue weighted by atomic mass is 9.86. The molecule has 3 unspecified atom stereocenters. The summed E-state index contributed by atoms with van der Waals surface area (Å²) in [5.74, 6) is 1.71. The predicted molar refractivity (Wildman–Crippen MR) is 78.9 cm³/mol. The van der Waals surface area contributed by atoms with Crippen LogP contribution in [-0.4, -0.2) is 36.6 Å². The van der Waals surface area contributed by atoms with Crippen LogP contribution in [0.5, 0.6) is 0 Å². The van der Waals surface area contributed by atoms with E-state index < -0.39 is 0 Å². The van der Waals surface area contributed by atoms with Gasteiger partial charge in [-0.25, -0.2) is 0 Å². The molecule has 2 heteroatoms. The normalized spacial score (nSPS) is 34.3. The second-order valence-corrected chi connectivity index (χ2v) is 6.81. The zero-order valence-corrected chi connectivity index (χ0v) is 12.6. The third-order valence-corrected chi connectivity index (χ3v) is 5.10. The molecule has 1 saturated heterocycles. The maximum atomic E-state index is 3.82. The highest BCUT2D eigenvalue weighted by molar-refractivity contribution is 4.83. The number of rotatable bonds is 5. The Hall–Kier alpha value is -0.0800. The van der Waals surface area contributed by atoms with E-state index in [0.29, 0.717) is 0 Å². The van der Waals surface area contributed by atoms with Crippen LogP contribution in [0.1, 0.15) is 59.3 Å². The molecule has 2 aliphatic rings. The minimum atomic E-state index is 0.791. The first-order chi connectivity index (χ1) is 8.68. The minimum Gasteiger partial charge on any atom is -0.312 e. The first-order valence-corrected chi connectivity index (χ1v) is 8.16. The summed E-state index contributed by atoms with van der Waals surface area (Å²) in [6, 6.07) is 1.63. The maximum Gasteiger partial charge on any atom is 0.0119 e. The first kappa shape index (κ1) is 14.3. The number of likely N-dealkylation sites (tertiary alicyclic amines) is 1. The molecule has 1 N–H and O–H groups in total. The second kappa shape index (κ2) is 6.91. The molecule has 1 heterocycles. The number of hydrogen-bond acceptors (Lipinski definition) is 2. The van der Waals surface area contributed by atoms with Crippen LogP contribution in [0.2, 0.25) is 0 Å². The summed E-state index contributed by atoms with van der Waals surface area (Å²) < 4.78 is 0. The molecule has 18 heavy (non-hydrogen) atoms. The largest absolute Gasteiger partial charge is 0.312 e. The van der Waals surface area contributed by atoms with Crippen LogP contribution in [0, 0.1) is 11.8 Å². The van der Waals surface area contributed by atoms with Gasteiger partial charge in [0.2, 0.25) is 0 Å². The predicted octanol–water partition coefficient (Wildman–Crippen LogP) is 3.28. The van der Waals surface area contributed by atoms with Crippen LogP contribution < -0.4 is 5.32 Å². The molecule has 0 bridgehead atoms. The van der Waals surface area contributed by atoms with E-state index in [0.717, 1.165) is 23.9 Å². The van der Waals surface area contributed by atoms with Crippen LogP contribution >= 0.6 is 0 Å². The van der Waals surface area contributed by atoms with Crippen molar-refractivity contribution in [1.82, 2.24) is 10.2 Å². The van der Waals surface area contributed by atoms with Crippen molar-refractivity contribution in [3.05, 3.63) is 0 Å². The SMILES string of the molecule is CC(C)C1CCCN1CCNC1CCCCC1C. The molecule has 1 saturated carbocycles. The fourth-order valence-corrected chi connectivity index (χ4v) is 3.90. The van der Waals surface area contributed by atoms with Gasteiger partial charge >= 0.3 is 0 Å². The third kappa shape index (κ3) is 3.71. The van der Waals surface area contributed by atoms with Gasteiger partial charge in [-0.15, -0.1) is 0 Å². The molecular formula is C16H32N2. The van der Waals surface area contributed by atoms with Crippen LogP contribution in [0.25, 0.3) is 0 Å². The lowest BCUT2D eigenvalue weighted by Gasteiger charge is -2.32. The third-order valence-electron chi connectivity index (χ3n) is 5.10. The maximum absolute atomic E-state index is 3.82. The first-order valence-electron chi connectivity index (χ1n) is 8.16. The van der Waals surface area contributed by atoms with Gasteiger partial charge in [0, 0.05) is 25.2 Å². The van der Waals surface area contributed by atoms with Crippen LogP contribution in [0.3, 0.4) is 0 Å². The van der Waals surface area contributed by atoms with E-state index in [1.54, 1.807) is 0 Å². The van der Waals surface area contributed by atoms with Crippen molar-refractivity contribution in [2.24, 2.45) is 11.8 Å². The quantitative estimate of drug-likeness (QED) is 0.808. The Bertz CT molecular complexity index is 239. The Kier molecular flexibility index (Phi) is 5.50. The van der Waals surface area contributed by atoms with Crippen molar-refractivity contribution in [3.8, 4) is 0 Å². The summed E-state index contributed by atoms with van der Waals surface area (Å²) in [5.41, 5.74) is 0. The van der Waals surface area contributed by atoms with E-state index in [2.05, 4.69) is 31.0 Å². The van der Waals surface area contributed by atoms with Crippen molar-refractivity contribution in [2.45, 2.75) is 71.4 Å². The molecule has 0 aromatic heterocycles. The van der Waals surface area contributed by atoms with Crippen LogP contribution in [0.4, 0.5) is 0 Å². The number of nitrogens with one attached hydrogen (secondary N) is 1. The van der Waals surface area contributed by atoms with Gasteiger partial charge in [-0.2, -0.15) is 0 Å². The highest BCUT2D eigenvalue weighted by Gasteiger charge is 2.27. The van der Waals surface area contributed by atoms with Gasteiger partial charge in [-0.1, -0.05) is 33.6 Å². The highest BCUT2D eigenvalue weighted by atomic mass is 15.2. The molecular weight excluding hydrogens is 220 g/mol. The average molecular weight is 252 g/mol. The molecule has 2 fully saturated rings. The summed E-state index contributed by atoms with van der Waals surface area (Å²) in [5, 5.41) is 3.82. The Morgan fingerprint density at radius 3 is 2.61 bits per heavy atom. The zero-order valence-electron chi connectivity index (χ0n) is 12.6. The van der Waals surface area contributed by atoms with E-state index in [1.807, 2.05) is 0 Å². The van der Waals surface area contributed by atoms with Crippen LogP contribution in [-0.2, 0) is 0 Å². The lowest BCUT2D eigenvalue weighted by Crippen LogP contribution is -2.43. The molecule has 1 aliphatic carbocycles. The van der Waals surface area contributed by atoms with Gasteiger partial charge in [0.05, 0.1) is 0 Å². The minimum absolute atomic E-state index is 0.791. The zero-order chi connectivity index (χ0) is 13.0. The van der Waals surface area contributed by atoms with Gasteiger partial charge < -0.3 is 5.32 Å². The molecule has 2 nitrogen and oxygen atoms in total. The van der Waals surface area contributed by atoms with E-state index >= 15 is 0 Å². The fraction of sp³-hybridized carbons (Fsp3) is 1.00. The molecule has 0 aromatic carbocycles. The Morgan fingerprint density at radius 1 is 1.11 bits per heavy atom. The Labute approximate surface area is 114 Å². The summed E-state index contributed by atoms with van der Waals surface area (Å²) in [4.78, 5) is 2.71. The van der Waals surface area contributed by atoms with Gasteiger partial charge in [0.15, 0.2) is 0 Å². The second-order valence-electron chi connectivity index (χ2n) is 6.81. The fourth-order valence-electron chi connectivity index (χ4n) is 3.90. The van der Waals surface area contributed by atoms with Gasteiger partial charge in [-0.3, -0.25) is 4.90 Å². The summed E-state index contributed by atoms with van der Waals surface area (Å²) in [6.07, 6.45) is 8.52. The topological polar surface area (TPSA) is 15.3 Å². The molecule has 2 rings (SSSR count). The van der Waals surface area contributed by atoms with Crippen LogP contribution in [0.15, 0.2) is 0 Å². The van der Waals surface area contributed by atoms with E-state index in [-0.39, 0.29) is 0 Å². The summed E-state index contributed by atoms with van der Waals surface area (Å²) in [6.45, 7) is 10.9. The molecule has 0 spiro atoms. The van der Waals surface area contributed by atoms with Crippen molar-refractivity contribution >= 4 is 0 Å². The monoisotopic (exact) mass is 252 g/mol. The molecule has 3 atom stereocenters. The molecule has 0 amide bonds. The van der Waals surface area contributed by atoms with Crippen molar-refractivity contribution in [2.75, 3.05) is 19.6 Å². The van der Waals surface area contributed by atoms with E-state index in [1.165, 1.54) is 58.2 Å². The smallest absolute Gasteiger partial charge is 0.0119 e. The van der Waals surface area contributed by atoms with Crippen molar-refractivity contribution in [1.29, 1.82) is 0 Å². The lowest BCUT2D eigenvalue weighted by molar-refractivity contribution is 0.196. The van der Waals surface area contributed by atoms with Gasteiger partial charge in [0.1, 0.15) is 0 Å².